The maximum atomic E-state index is 14.0. The fraction of sp³-hybridized carbons (Fsp3) is 0.552. The number of aromatic nitrogens is 3. The van der Waals surface area contributed by atoms with E-state index < -0.39 is 0 Å². The number of aryl methyl sites for hydroxylation is 1. The quantitative estimate of drug-likeness (QED) is 0.486. The second-order valence-electron chi connectivity index (χ2n) is 11.0. The Morgan fingerprint density at radius 1 is 1.11 bits per heavy atom. The highest BCUT2D eigenvalue weighted by Crippen LogP contribution is 2.30. The number of carbonyl (C=O) groups is 1. The molecule has 6 nitrogen and oxygen atoms in total. The molecule has 2 saturated heterocycles. The van der Waals surface area contributed by atoms with Crippen molar-refractivity contribution in [2.75, 3.05) is 32.7 Å². The fourth-order valence-electron chi connectivity index (χ4n) is 5.75. The van der Waals surface area contributed by atoms with Crippen LogP contribution in [-0.2, 0) is 0 Å². The Labute approximate surface area is 209 Å². The summed E-state index contributed by atoms with van der Waals surface area (Å²) in [7, 11) is 0. The van der Waals surface area contributed by atoms with Gasteiger partial charge >= 0.3 is 0 Å². The SMILES string of the molecule is Cc1ccccc1-c1cc(C(=O)N2CCCC(CN3CCC(C)CC3)C2)c2cnn(C(C)C)c2n1. The number of nitrogens with zero attached hydrogens (tertiary/aromatic N) is 5. The first-order chi connectivity index (χ1) is 16.9. The molecular weight excluding hydrogens is 434 g/mol. The molecule has 1 atom stereocenters. The second kappa shape index (κ2) is 10.1. The molecule has 186 valence electrons. The maximum Gasteiger partial charge on any atom is 0.254 e. The molecule has 1 amide bonds. The molecule has 3 aromatic rings. The monoisotopic (exact) mass is 473 g/mol. The minimum absolute atomic E-state index is 0.118. The first kappa shape index (κ1) is 24.0. The Bertz CT molecular complexity index is 1190. The van der Waals surface area contributed by atoms with Crippen LogP contribution in [0.3, 0.4) is 0 Å². The Morgan fingerprint density at radius 3 is 2.63 bits per heavy atom. The summed E-state index contributed by atoms with van der Waals surface area (Å²) in [5, 5.41) is 5.47. The lowest BCUT2D eigenvalue weighted by molar-refractivity contribution is 0.0624. The van der Waals surface area contributed by atoms with Gasteiger partial charge in [-0.2, -0.15) is 5.10 Å². The standard InChI is InChI=1S/C29H39N5O/c1-20(2)34-28-26(17-30-34)25(16-27(31-28)24-10-6-5-8-22(24)4)29(35)33-13-7-9-23(19-33)18-32-14-11-21(3)12-15-32/h5-6,8,10,16-17,20-21,23H,7,9,11-15,18-19H2,1-4H3. The normalized spacial score (nSPS) is 20.1. The Kier molecular flexibility index (Phi) is 6.92. The highest BCUT2D eigenvalue weighted by atomic mass is 16.2. The summed E-state index contributed by atoms with van der Waals surface area (Å²) in [6.45, 7) is 13.8. The molecule has 2 fully saturated rings. The van der Waals surface area contributed by atoms with Crippen LogP contribution in [0.2, 0.25) is 0 Å². The largest absolute Gasteiger partial charge is 0.338 e. The topological polar surface area (TPSA) is 54.3 Å². The molecule has 4 heterocycles. The van der Waals surface area contributed by atoms with E-state index in [1.54, 1.807) is 0 Å². The van der Waals surface area contributed by atoms with Gasteiger partial charge in [0.2, 0.25) is 0 Å². The minimum atomic E-state index is 0.118. The summed E-state index contributed by atoms with van der Waals surface area (Å²) >= 11 is 0. The smallest absolute Gasteiger partial charge is 0.254 e. The van der Waals surface area contributed by atoms with Gasteiger partial charge in [0.25, 0.3) is 5.91 Å². The molecule has 35 heavy (non-hydrogen) atoms. The zero-order chi connectivity index (χ0) is 24.5. The Balaban J connectivity index is 1.45. The predicted octanol–water partition coefficient (Wildman–Crippen LogP) is 5.57. The van der Waals surface area contributed by atoms with Crippen LogP contribution in [0.1, 0.15) is 68.4 Å². The number of fused-ring (bicyclic) bond motifs is 1. The minimum Gasteiger partial charge on any atom is -0.338 e. The molecule has 2 aliphatic rings. The fourth-order valence-corrected chi connectivity index (χ4v) is 5.75. The Hall–Kier alpha value is -2.73. The van der Waals surface area contributed by atoms with Crippen molar-refractivity contribution in [1.29, 1.82) is 0 Å². The van der Waals surface area contributed by atoms with E-state index in [2.05, 4.69) is 54.7 Å². The first-order valence-corrected chi connectivity index (χ1v) is 13.4. The molecule has 6 heteroatoms. The summed E-state index contributed by atoms with van der Waals surface area (Å²) in [6, 6.07) is 10.4. The number of rotatable bonds is 5. The number of benzene rings is 1. The number of hydrogen-bond acceptors (Lipinski definition) is 4. The second-order valence-corrected chi connectivity index (χ2v) is 11.0. The van der Waals surface area contributed by atoms with Gasteiger partial charge in [-0.3, -0.25) is 4.79 Å². The molecule has 0 N–H and O–H groups in total. The summed E-state index contributed by atoms with van der Waals surface area (Å²) < 4.78 is 1.93. The number of likely N-dealkylation sites (tertiary alicyclic amines) is 2. The van der Waals surface area contributed by atoms with E-state index in [9.17, 15) is 4.79 Å². The Morgan fingerprint density at radius 2 is 1.89 bits per heavy atom. The van der Waals surface area contributed by atoms with Gasteiger partial charge in [-0.1, -0.05) is 31.2 Å². The van der Waals surface area contributed by atoms with E-state index in [1.807, 2.05) is 29.1 Å². The van der Waals surface area contributed by atoms with E-state index in [-0.39, 0.29) is 11.9 Å². The van der Waals surface area contributed by atoms with Crippen molar-refractivity contribution < 1.29 is 4.79 Å². The highest BCUT2D eigenvalue weighted by Gasteiger charge is 2.29. The average molecular weight is 474 g/mol. The van der Waals surface area contributed by atoms with Crippen LogP contribution in [-0.4, -0.2) is 63.2 Å². The molecule has 1 aromatic carbocycles. The lowest BCUT2D eigenvalue weighted by atomic mass is 9.93. The van der Waals surface area contributed by atoms with Gasteiger partial charge in [0, 0.05) is 31.2 Å². The third-order valence-electron chi connectivity index (χ3n) is 7.91. The van der Waals surface area contributed by atoms with Gasteiger partial charge in [0.15, 0.2) is 5.65 Å². The molecule has 0 bridgehead atoms. The zero-order valence-electron chi connectivity index (χ0n) is 21.7. The van der Waals surface area contributed by atoms with Gasteiger partial charge in [0.1, 0.15) is 0 Å². The van der Waals surface area contributed by atoms with Crippen molar-refractivity contribution in [2.24, 2.45) is 11.8 Å². The zero-order valence-corrected chi connectivity index (χ0v) is 21.7. The van der Waals surface area contributed by atoms with E-state index >= 15 is 0 Å². The maximum absolute atomic E-state index is 14.0. The number of carbonyl (C=O) groups excluding carboxylic acids is 1. The summed E-state index contributed by atoms with van der Waals surface area (Å²) in [5.74, 6) is 1.51. The van der Waals surface area contributed by atoms with Gasteiger partial charge in [-0.15, -0.1) is 0 Å². The third kappa shape index (κ3) is 4.99. The first-order valence-electron chi connectivity index (χ1n) is 13.4. The van der Waals surface area contributed by atoms with E-state index in [1.165, 1.54) is 32.4 Å². The molecule has 0 spiro atoms. The van der Waals surface area contributed by atoms with Crippen LogP contribution in [0.5, 0.6) is 0 Å². The summed E-state index contributed by atoms with van der Waals surface area (Å²) in [5.41, 5.74) is 4.59. The molecule has 0 aliphatic carbocycles. The van der Waals surface area contributed by atoms with E-state index in [4.69, 9.17) is 4.98 Å². The average Bonchev–Trinajstić information content (AvgIpc) is 3.29. The molecule has 2 aromatic heterocycles. The van der Waals surface area contributed by atoms with Crippen molar-refractivity contribution in [3.05, 3.63) is 47.7 Å². The van der Waals surface area contributed by atoms with Crippen LogP contribution >= 0.6 is 0 Å². The van der Waals surface area contributed by atoms with Crippen molar-refractivity contribution in [3.8, 4) is 11.3 Å². The van der Waals surface area contributed by atoms with Crippen molar-refractivity contribution in [2.45, 2.75) is 59.4 Å². The molecule has 5 rings (SSSR count). The number of hydrogen-bond donors (Lipinski definition) is 0. The molecule has 1 unspecified atom stereocenters. The molecule has 2 aliphatic heterocycles. The van der Waals surface area contributed by atoms with Crippen molar-refractivity contribution >= 4 is 16.9 Å². The van der Waals surface area contributed by atoms with Crippen LogP contribution < -0.4 is 0 Å². The van der Waals surface area contributed by atoms with Gasteiger partial charge in [-0.05, 0) is 83.0 Å². The van der Waals surface area contributed by atoms with E-state index in [0.717, 1.165) is 65.4 Å². The van der Waals surface area contributed by atoms with Crippen LogP contribution in [0, 0.1) is 18.8 Å². The van der Waals surface area contributed by atoms with Gasteiger partial charge < -0.3 is 9.80 Å². The summed E-state index contributed by atoms with van der Waals surface area (Å²) in [4.78, 5) is 23.7. The predicted molar refractivity (Wildman–Crippen MR) is 142 cm³/mol. The van der Waals surface area contributed by atoms with Crippen LogP contribution in [0.25, 0.3) is 22.3 Å². The molecule has 0 saturated carbocycles. The molecule has 0 radical (unpaired) electrons. The number of amides is 1. The third-order valence-corrected chi connectivity index (χ3v) is 7.91. The van der Waals surface area contributed by atoms with Crippen LogP contribution in [0.4, 0.5) is 0 Å². The van der Waals surface area contributed by atoms with Gasteiger partial charge in [0.05, 0.1) is 22.8 Å². The van der Waals surface area contributed by atoms with Crippen LogP contribution in [0.15, 0.2) is 36.5 Å². The molecular formula is C29H39N5O. The lowest BCUT2D eigenvalue weighted by Crippen LogP contribution is -2.45. The highest BCUT2D eigenvalue weighted by molar-refractivity contribution is 6.06. The van der Waals surface area contributed by atoms with Crippen molar-refractivity contribution in [1.82, 2.24) is 24.6 Å². The van der Waals surface area contributed by atoms with E-state index in [0.29, 0.717) is 5.92 Å². The number of pyridine rings is 1. The van der Waals surface area contributed by atoms with Gasteiger partial charge in [-0.25, -0.2) is 9.67 Å². The number of piperidine rings is 2. The summed E-state index contributed by atoms with van der Waals surface area (Å²) in [6.07, 6.45) is 6.71. The lowest BCUT2D eigenvalue weighted by Gasteiger charge is -2.38. The van der Waals surface area contributed by atoms with Crippen molar-refractivity contribution in [3.63, 3.8) is 0 Å².